The van der Waals surface area contributed by atoms with Crippen LogP contribution < -0.4 is 10.6 Å². The molecule has 3 atom stereocenters. The van der Waals surface area contributed by atoms with Crippen LogP contribution in [0.5, 0.6) is 0 Å². The average molecular weight is 253 g/mol. The van der Waals surface area contributed by atoms with Crippen molar-refractivity contribution in [2.75, 3.05) is 19.6 Å². The zero-order valence-corrected chi connectivity index (χ0v) is 11.9. The molecule has 1 saturated carbocycles. The van der Waals surface area contributed by atoms with E-state index >= 15 is 0 Å². The highest BCUT2D eigenvalue weighted by Crippen LogP contribution is 2.21. The first-order chi connectivity index (χ1) is 8.52. The van der Waals surface area contributed by atoms with Gasteiger partial charge in [-0.2, -0.15) is 0 Å². The number of nitrogens with one attached hydrogen (secondary N) is 2. The molecule has 104 valence electrons. The highest BCUT2D eigenvalue weighted by molar-refractivity contribution is 5.74. The van der Waals surface area contributed by atoms with Crippen molar-refractivity contribution in [2.24, 2.45) is 11.8 Å². The van der Waals surface area contributed by atoms with Crippen LogP contribution in [0.2, 0.25) is 0 Å². The Morgan fingerprint density at radius 2 is 1.89 bits per heavy atom. The molecule has 0 unspecified atom stereocenters. The number of hydrogen-bond donors (Lipinski definition) is 2. The quantitative estimate of drug-likeness (QED) is 0.802. The van der Waals surface area contributed by atoms with Gasteiger partial charge in [0.25, 0.3) is 0 Å². The summed E-state index contributed by atoms with van der Waals surface area (Å²) in [5.74, 6) is 1.56. The molecule has 0 radical (unpaired) electrons. The van der Waals surface area contributed by atoms with Crippen LogP contribution in [0, 0.1) is 11.8 Å². The molecule has 2 amide bonds. The van der Waals surface area contributed by atoms with E-state index < -0.39 is 0 Å². The fourth-order valence-corrected chi connectivity index (χ4v) is 3.05. The van der Waals surface area contributed by atoms with Crippen LogP contribution in [0.4, 0.5) is 4.79 Å². The first-order valence-electron chi connectivity index (χ1n) is 7.32. The Hall–Kier alpha value is -0.770. The van der Waals surface area contributed by atoms with E-state index in [0.29, 0.717) is 6.04 Å². The van der Waals surface area contributed by atoms with Crippen LogP contribution in [0.25, 0.3) is 0 Å². The minimum Gasteiger partial charge on any atom is -0.335 e. The first-order valence-corrected chi connectivity index (χ1v) is 7.32. The second-order valence-electron chi connectivity index (χ2n) is 6.46. The molecule has 1 heterocycles. The van der Waals surface area contributed by atoms with E-state index in [2.05, 4.69) is 36.3 Å². The second-order valence-corrected chi connectivity index (χ2v) is 6.46. The summed E-state index contributed by atoms with van der Waals surface area (Å²) in [4.78, 5) is 14.1. The van der Waals surface area contributed by atoms with Crippen LogP contribution in [-0.4, -0.2) is 42.6 Å². The zero-order valence-electron chi connectivity index (χ0n) is 11.9. The lowest BCUT2D eigenvalue weighted by Crippen LogP contribution is -2.49. The number of carbonyl (C=O) groups excluding carboxylic acids is 1. The van der Waals surface area contributed by atoms with E-state index in [9.17, 15) is 4.79 Å². The van der Waals surface area contributed by atoms with Crippen molar-refractivity contribution in [3.8, 4) is 0 Å². The third kappa shape index (κ3) is 4.48. The van der Waals surface area contributed by atoms with Crippen LogP contribution in [0.15, 0.2) is 0 Å². The summed E-state index contributed by atoms with van der Waals surface area (Å²) in [7, 11) is 0. The average Bonchev–Trinajstić information content (AvgIpc) is 2.98. The van der Waals surface area contributed by atoms with Crippen LogP contribution in [0.3, 0.4) is 0 Å². The third-order valence-electron chi connectivity index (χ3n) is 3.77. The summed E-state index contributed by atoms with van der Waals surface area (Å²) in [6, 6.07) is 0.664. The van der Waals surface area contributed by atoms with Gasteiger partial charge >= 0.3 is 6.03 Å². The Bertz CT molecular complexity index is 281. The van der Waals surface area contributed by atoms with Gasteiger partial charge in [0.15, 0.2) is 0 Å². The van der Waals surface area contributed by atoms with E-state index in [-0.39, 0.29) is 12.1 Å². The van der Waals surface area contributed by atoms with Gasteiger partial charge in [-0.15, -0.1) is 0 Å². The molecule has 0 aromatic heterocycles. The van der Waals surface area contributed by atoms with E-state index in [1.54, 1.807) is 0 Å². The maximum Gasteiger partial charge on any atom is 0.315 e. The molecular weight excluding hydrogens is 226 g/mol. The summed E-state index contributed by atoms with van der Waals surface area (Å²) >= 11 is 0. The molecule has 4 heteroatoms. The highest BCUT2D eigenvalue weighted by Gasteiger charge is 2.25. The smallest absolute Gasteiger partial charge is 0.315 e. The SMILES string of the molecule is C[C@@H]1C[C@H](C)CN(C[C@H](C)NC(=O)NC2CC2)C1. The summed E-state index contributed by atoms with van der Waals surface area (Å²) in [6.07, 6.45) is 3.62. The normalized spacial score (nSPS) is 30.8. The fraction of sp³-hybridized carbons (Fsp3) is 0.929. The number of urea groups is 1. The number of likely N-dealkylation sites (tertiary alicyclic amines) is 1. The van der Waals surface area contributed by atoms with Gasteiger partial charge in [0, 0.05) is 31.7 Å². The molecular formula is C14H27N3O. The van der Waals surface area contributed by atoms with Crippen LogP contribution in [0.1, 0.15) is 40.0 Å². The molecule has 0 aromatic carbocycles. The minimum absolute atomic E-state index is 0.00288. The van der Waals surface area contributed by atoms with Gasteiger partial charge in [0.1, 0.15) is 0 Å². The van der Waals surface area contributed by atoms with Gasteiger partial charge in [0.2, 0.25) is 0 Å². The second kappa shape index (κ2) is 5.91. The zero-order chi connectivity index (χ0) is 13.1. The molecule has 0 aromatic rings. The number of carbonyl (C=O) groups is 1. The van der Waals surface area contributed by atoms with Gasteiger partial charge in [-0.1, -0.05) is 13.8 Å². The van der Waals surface area contributed by atoms with Crippen molar-refractivity contribution in [1.82, 2.24) is 15.5 Å². The van der Waals surface area contributed by atoms with E-state index in [1.807, 2.05) is 0 Å². The molecule has 4 nitrogen and oxygen atoms in total. The number of amides is 2. The lowest BCUT2D eigenvalue weighted by Gasteiger charge is -2.36. The minimum atomic E-state index is 0.00288. The molecule has 1 saturated heterocycles. The summed E-state index contributed by atoms with van der Waals surface area (Å²) in [5, 5.41) is 6.01. The van der Waals surface area contributed by atoms with Crippen LogP contribution in [-0.2, 0) is 0 Å². The molecule has 1 aliphatic carbocycles. The highest BCUT2D eigenvalue weighted by atomic mass is 16.2. The number of rotatable bonds is 4. The lowest BCUT2D eigenvalue weighted by atomic mass is 9.92. The number of nitrogens with zero attached hydrogens (tertiary/aromatic N) is 1. The van der Waals surface area contributed by atoms with E-state index in [4.69, 9.17) is 0 Å². The fourth-order valence-electron chi connectivity index (χ4n) is 3.05. The molecule has 2 fully saturated rings. The Morgan fingerprint density at radius 3 is 2.44 bits per heavy atom. The predicted molar refractivity (Wildman–Crippen MR) is 73.5 cm³/mol. The Balaban J connectivity index is 1.68. The Morgan fingerprint density at radius 1 is 1.28 bits per heavy atom. The van der Waals surface area contributed by atoms with Crippen molar-refractivity contribution < 1.29 is 4.79 Å². The summed E-state index contributed by atoms with van der Waals surface area (Å²) in [6.45, 7) is 10.0. The molecule has 2 aliphatic rings. The Kier molecular flexibility index (Phi) is 4.49. The maximum absolute atomic E-state index is 11.6. The summed E-state index contributed by atoms with van der Waals surface area (Å²) in [5.41, 5.74) is 0. The number of hydrogen-bond acceptors (Lipinski definition) is 2. The number of piperidine rings is 1. The first kappa shape index (κ1) is 13.7. The molecule has 0 bridgehead atoms. The third-order valence-corrected chi connectivity index (χ3v) is 3.77. The van der Waals surface area contributed by atoms with Gasteiger partial charge in [-0.05, 0) is 38.0 Å². The van der Waals surface area contributed by atoms with Crippen molar-refractivity contribution >= 4 is 6.03 Å². The maximum atomic E-state index is 11.6. The topological polar surface area (TPSA) is 44.4 Å². The van der Waals surface area contributed by atoms with E-state index in [0.717, 1.165) is 31.2 Å². The van der Waals surface area contributed by atoms with Gasteiger partial charge in [0.05, 0.1) is 0 Å². The predicted octanol–water partition coefficient (Wildman–Crippen LogP) is 1.81. The summed E-state index contributed by atoms with van der Waals surface area (Å²) < 4.78 is 0. The van der Waals surface area contributed by atoms with Crippen molar-refractivity contribution in [1.29, 1.82) is 0 Å². The van der Waals surface area contributed by atoms with Crippen molar-refractivity contribution in [3.05, 3.63) is 0 Å². The van der Waals surface area contributed by atoms with Gasteiger partial charge < -0.3 is 15.5 Å². The molecule has 2 N–H and O–H groups in total. The molecule has 0 spiro atoms. The van der Waals surface area contributed by atoms with Gasteiger partial charge in [-0.3, -0.25) is 0 Å². The largest absolute Gasteiger partial charge is 0.335 e. The Labute approximate surface area is 110 Å². The van der Waals surface area contributed by atoms with Gasteiger partial charge in [-0.25, -0.2) is 4.79 Å². The lowest BCUT2D eigenvalue weighted by molar-refractivity contribution is 0.131. The molecule has 2 rings (SSSR count). The molecule has 18 heavy (non-hydrogen) atoms. The van der Waals surface area contributed by atoms with Crippen molar-refractivity contribution in [2.45, 2.75) is 52.1 Å². The van der Waals surface area contributed by atoms with E-state index in [1.165, 1.54) is 19.5 Å². The van der Waals surface area contributed by atoms with Crippen LogP contribution >= 0.6 is 0 Å². The van der Waals surface area contributed by atoms with Crippen molar-refractivity contribution in [3.63, 3.8) is 0 Å². The monoisotopic (exact) mass is 253 g/mol. The standard InChI is InChI=1S/C14H27N3O/c1-10-6-11(2)8-17(7-10)9-12(3)15-14(18)16-13-4-5-13/h10-13H,4-9H2,1-3H3,(H2,15,16,18)/t10-,11+,12-/m0/s1. The molecule has 1 aliphatic heterocycles.